The van der Waals surface area contributed by atoms with Crippen LogP contribution >= 0.6 is 23.2 Å². The third-order valence-corrected chi connectivity index (χ3v) is 4.41. The van der Waals surface area contributed by atoms with Crippen molar-refractivity contribution in [2.75, 3.05) is 19.0 Å². The molecule has 1 fully saturated rings. The summed E-state index contributed by atoms with van der Waals surface area (Å²) in [5.41, 5.74) is 0. The molecule has 0 saturated heterocycles. The van der Waals surface area contributed by atoms with Crippen LogP contribution in [0.4, 0.5) is 0 Å². The van der Waals surface area contributed by atoms with Crippen molar-refractivity contribution in [1.82, 2.24) is 5.32 Å². The molecule has 0 aromatic heterocycles. The Bertz CT molecular complexity index is 436. The van der Waals surface area contributed by atoms with E-state index < -0.39 is 0 Å². The molecule has 5 heteroatoms. The number of carbonyl (C=O) groups excluding carboxylic acids is 1. The van der Waals surface area contributed by atoms with Gasteiger partial charge in [-0.1, -0.05) is 18.0 Å². The van der Waals surface area contributed by atoms with E-state index in [1.165, 1.54) is 12.8 Å². The Balaban J connectivity index is 1.69. The highest BCUT2D eigenvalue weighted by molar-refractivity contribution is 6.30. The molecule has 1 aromatic rings. The highest BCUT2D eigenvalue weighted by Gasteiger charge is 2.26. The molecule has 1 saturated carbocycles. The molecule has 20 heavy (non-hydrogen) atoms. The van der Waals surface area contributed by atoms with E-state index in [4.69, 9.17) is 27.9 Å². The summed E-state index contributed by atoms with van der Waals surface area (Å²) in [6, 6.07) is 6.96. The highest BCUT2D eigenvalue weighted by Crippen LogP contribution is 2.31. The number of halogens is 2. The summed E-state index contributed by atoms with van der Waals surface area (Å²) in [5.74, 6) is 2.27. The molecule has 1 aliphatic carbocycles. The minimum atomic E-state index is -0.0971. The van der Waals surface area contributed by atoms with Gasteiger partial charge < -0.3 is 10.1 Å². The van der Waals surface area contributed by atoms with Crippen LogP contribution in [0, 0.1) is 11.8 Å². The Morgan fingerprint density at radius 3 is 2.65 bits per heavy atom. The smallest absolute Gasteiger partial charge is 0.257 e. The first-order chi connectivity index (χ1) is 9.69. The van der Waals surface area contributed by atoms with Gasteiger partial charge in [-0.15, -0.1) is 11.6 Å². The van der Waals surface area contributed by atoms with Crippen LogP contribution in [0.1, 0.15) is 19.3 Å². The summed E-state index contributed by atoms with van der Waals surface area (Å²) in [5, 5.41) is 3.57. The zero-order valence-corrected chi connectivity index (χ0v) is 12.8. The molecule has 2 rings (SSSR count). The lowest BCUT2D eigenvalue weighted by Gasteiger charge is -2.17. The predicted octanol–water partition coefficient (Wildman–Crippen LogP) is 3.49. The van der Waals surface area contributed by atoms with Crippen molar-refractivity contribution in [3.63, 3.8) is 0 Å². The van der Waals surface area contributed by atoms with Crippen LogP contribution in [0.2, 0.25) is 5.02 Å². The number of carbonyl (C=O) groups is 1. The number of alkyl halides is 1. The van der Waals surface area contributed by atoms with Gasteiger partial charge in [-0.3, -0.25) is 4.79 Å². The van der Waals surface area contributed by atoms with E-state index in [1.54, 1.807) is 24.3 Å². The van der Waals surface area contributed by atoms with Crippen molar-refractivity contribution in [3.05, 3.63) is 29.3 Å². The Kier molecular flexibility index (Phi) is 5.99. The number of amides is 1. The van der Waals surface area contributed by atoms with Gasteiger partial charge in [0.05, 0.1) is 0 Å². The molecule has 1 aromatic carbocycles. The maximum absolute atomic E-state index is 11.7. The molecule has 1 amide bonds. The summed E-state index contributed by atoms with van der Waals surface area (Å²) in [7, 11) is 0. The second-order valence-electron chi connectivity index (χ2n) is 5.15. The number of ether oxygens (including phenoxy) is 1. The third kappa shape index (κ3) is 4.57. The third-order valence-electron chi connectivity index (χ3n) is 3.76. The second-order valence-corrected chi connectivity index (χ2v) is 5.90. The minimum Gasteiger partial charge on any atom is -0.484 e. The van der Waals surface area contributed by atoms with Crippen LogP contribution in [-0.4, -0.2) is 24.9 Å². The Hall–Kier alpha value is -0.930. The average Bonchev–Trinajstić information content (AvgIpc) is 2.92. The maximum atomic E-state index is 11.7. The lowest BCUT2D eigenvalue weighted by molar-refractivity contribution is -0.123. The largest absolute Gasteiger partial charge is 0.484 e. The maximum Gasteiger partial charge on any atom is 0.257 e. The van der Waals surface area contributed by atoms with Gasteiger partial charge in [0.2, 0.25) is 0 Å². The fourth-order valence-electron chi connectivity index (χ4n) is 2.56. The number of rotatable bonds is 6. The van der Waals surface area contributed by atoms with Crippen molar-refractivity contribution in [1.29, 1.82) is 0 Å². The predicted molar refractivity (Wildman–Crippen MR) is 81.5 cm³/mol. The lowest BCUT2D eigenvalue weighted by atomic mass is 9.98. The normalized spacial score (nSPS) is 21.7. The molecular formula is C15H19Cl2NO2. The standard InChI is InChI=1S/C15H19Cl2NO2/c16-8-11-2-1-3-12(11)9-18-15(19)10-20-14-6-4-13(17)5-7-14/h4-7,11-12H,1-3,8-10H2,(H,18,19). The minimum absolute atomic E-state index is 0.0277. The van der Waals surface area contributed by atoms with Crippen molar-refractivity contribution in [2.24, 2.45) is 11.8 Å². The summed E-state index contributed by atoms with van der Waals surface area (Å²) >= 11 is 11.7. The van der Waals surface area contributed by atoms with Crippen molar-refractivity contribution in [3.8, 4) is 5.75 Å². The van der Waals surface area contributed by atoms with E-state index in [0.717, 1.165) is 6.42 Å². The van der Waals surface area contributed by atoms with Crippen molar-refractivity contribution < 1.29 is 9.53 Å². The SMILES string of the molecule is O=C(COc1ccc(Cl)cc1)NCC1CCCC1CCl. The Labute approximate surface area is 129 Å². The summed E-state index contributed by atoms with van der Waals surface area (Å²) < 4.78 is 5.39. The van der Waals surface area contributed by atoms with Crippen LogP contribution in [0.25, 0.3) is 0 Å². The van der Waals surface area contributed by atoms with E-state index in [1.807, 2.05) is 0 Å². The van der Waals surface area contributed by atoms with Crippen molar-refractivity contribution >= 4 is 29.1 Å². The highest BCUT2D eigenvalue weighted by atomic mass is 35.5. The number of hydrogen-bond acceptors (Lipinski definition) is 2. The molecule has 0 bridgehead atoms. The number of nitrogens with one attached hydrogen (secondary N) is 1. The van der Waals surface area contributed by atoms with E-state index in [-0.39, 0.29) is 12.5 Å². The quantitative estimate of drug-likeness (QED) is 0.816. The first-order valence-electron chi connectivity index (χ1n) is 6.90. The second kappa shape index (κ2) is 7.75. The van der Waals surface area contributed by atoms with Gasteiger partial charge in [0.1, 0.15) is 5.75 Å². The Morgan fingerprint density at radius 1 is 1.25 bits per heavy atom. The van der Waals surface area contributed by atoms with Gasteiger partial charge in [-0.2, -0.15) is 0 Å². The van der Waals surface area contributed by atoms with Gasteiger partial charge >= 0.3 is 0 Å². The first kappa shape index (κ1) is 15.5. The van der Waals surface area contributed by atoms with Gasteiger partial charge in [0, 0.05) is 17.4 Å². The van der Waals surface area contributed by atoms with E-state index in [0.29, 0.717) is 35.0 Å². The van der Waals surface area contributed by atoms with Gasteiger partial charge in [0.25, 0.3) is 5.91 Å². The van der Waals surface area contributed by atoms with Gasteiger partial charge in [-0.25, -0.2) is 0 Å². The Morgan fingerprint density at radius 2 is 1.95 bits per heavy atom. The summed E-state index contributed by atoms with van der Waals surface area (Å²) in [6.07, 6.45) is 3.53. The lowest BCUT2D eigenvalue weighted by Crippen LogP contribution is -2.34. The molecule has 0 spiro atoms. The fourth-order valence-corrected chi connectivity index (χ4v) is 3.09. The average molecular weight is 316 g/mol. The van der Waals surface area contributed by atoms with Gasteiger partial charge in [-0.05, 0) is 48.9 Å². The van der Waals surface area contributed by atoms with E-state index in [9.17, 15) is 4.79 Å². The topological polar surface area (TPSA) is 38.3 Å². The monoisotopic (exact) mass is 315 g/mol. The number of hydrogen-bond donors (Lipinski definition) is 1. The molecule has 1 N–H and O–H groups in total. The molecule has 3 nitrogen and oxygen atoms in total. The zero-order chi connectivity index (χ0) is 14.4. The van der Waals surface area contributed by atoms with Crippen LogP contribution in [0.5, 0.6) is 5.75 Å². The first-order valence-corrected chi connectivity index (χ1v) is 7.81. The zero-order valence-electron chi connectivity index (χ0n) is 11.3. The van der Waals surface area contributed by atoms with Gasteiger partial charge in [0.15, 0.2) is 6.61 Å². The summed E-state index contributed by atoms with van der Waals surface area (Å²) in [6.45, 7) is 0.722. The molecule has 0 radical (unpaired) electrons. The molecule has 2 unspecified atom stereocenters. The number of benzene rings is 1. The molecule has 110 valence electrons. The van der Waals surface area contributed by atoms with Crippen LogP contribution in [-0.2, 0) is 4.79 Å². The fraction of sp³-hybridized carbons (Fsp3) is 0.533. The molecule has 2 atom stereocenters. The van der Waals surface area contributed by atoms with Crippen molar-refractivity contribution in [2.45, 2.75) is 19.3 Å². The summed E-state index contributed by atoms with van der Waals surface area (Å²) in [4.78, 5) is 11.7. The van der Waals surface area contributed by atoms with E-state index >= 15 is 0 Å². The molecule has 0 aliphatic heterocycles. The van der Waals surface area contributed by atoms with Crippen LogP contribution in [0.3, 0.4) is 0 Å². The molecule has 0 heterocycles. The molecular weight excluding hydrogens is 297 g/mol. The van der Waals surface area contributed by atoms with Crippen LogP contribution < -0.4 is 10.1 Å². The van der Waals surface area contributed by atoms with Crippen LogP contribution in [0.15, 0.2) is 24.3 Å². The van der Waals surface area contributed by atoms with E-state index in [2.05, 4.69) is 5.32 Å². The molecule has 1 aliphatic rings.